The molecule has 2 aliphatic heterocycles. The zero-order valence-electron chi connectivity index (χ0n) is 11.8. The second kappa shape index (κ2) is 6.40. The Morgan fingerprint density at radius 3 is 2.33 bits per heavy atom. The van der Waals surface area contributed by atoms with E-state index in [1.54, 1.807) is 7.05 Å². The molecule has 2 rings (SSSR count). The van der Waals surface area contributed by atoms with E-state index in [0.29, 0.717) is 13.2 Å². The van der Waals surface area contributed by atoms with Crippen molar-refractivity contribution in [2.24, 2.45) is 17.8 Å². The molecule has 0 aliphatic carbocycles. The highest BCUT2D eigenvalue weighted by Crippen LogP contribution is 2.27. The van der Waals surface area contributed by atoms with Crippen LogP contribution in [0.15, 0.2) is 0 Å². The molecule has 21 heavy (non-hydrogen) atoms. The summed E-state index contributed by atoms with van der Waals surface area (Å²) in [5.41, 5.74) is 0. The van der Waals surface area contributed by atoms with Crippen molar-refractivity contribution in [3.8, 4) is 0 Å². The fraction of sp³-hybridized carbons (Fsp3) is 0.769. The molecule has 4 atom stereocenters. The van der Waals surface area contributed by atoms with Crippen LogP contribution in [0.4, 0.5) is 0 Å². The minimum atomic E-state index is -1.17. The van der Waals surface area contributed by atoms with Gasteiger partial charge >= 0.3 is 11.9 Å². The highest BCUT2D eigenvalue weighted by atomic mass is 16.5. The van der Waals surface area contributed by atoms with E-state index in [4.69, 9.17) is 9.84 Å². The van der Waals surface area contributed by atoms with Crippen LogP contribution in [0, 0.1) is 17.8 Å². The zero-order chi connectivity index (χ0) is 15.6. The van der Waals surface area contributed by atoms with Gasteiger partial charge < -0.3 is 25.2 Å². The SMILES string of the molecule is CNC1COCC1C(=O)N1CCC(C(=O)O)C(C(=O)O)C1. The predicted octanol–water partition coefficient (Wildman–Crippen LogP) is -1.15. The molecule has 0 radical (unpaired) electrons. The van der Waals surface area contributed by atoms with E-state index in [1.165, 1.54) is 4.90 Å². The fourth-order valence-corrected chi connectivity index (χ4v) is 3.01. The average molecular weight is 300 g/mol. The van der Waals surface area contributed by atoms with Crippen molar-refractivity contribution in [1.29, 1.82) is 0 Å². The topological polar surface area (TPSA) is 116 Å². The van der Waals surface area contributed by atoms with E-state index in [9.17, 15) is 19.5 Å². The molecular weight excluding hydrogens is 280 g/mol. The monoisotopic (exact) mass is 300 g/mol. The number of piperidine rings is 1. The van der Waals surface area contributed by atoms with Crippen molar-refractivity contribution in [3.63, 3.8) is 0 Å². The van der Waals surface area contributed by atoms with Crippen LogP contribution in [-0.2, 0) is 19.1 Å². The molecule has 2 fully saturated rings. The van der Waals surface area contributed by atoms with Gasteiger partial charge in [0.15, 0.2) is 0 Å². The number of nitrogens with one attached hydrogen (secondary N) is 1. The number of hydrogen-bond donors (Lipinski definition) is 3. The molecule has 2 aliphatic rings. The number of amides is 1. The zero-order valence-corrected chi connectivity index (χ0v) is 11.8. The number of carboxylic acid groups (broad SMARTS) is 2. The van der Waals surface area contributed by atoms with Gasteiger partial charge in [-0.1, -0.05) is 0 Å². The van der Waals surface area contributed by atoms with E-state index >= 15 is 0 Å². The lowest BCUT2D eigenvalue weighted by atomic mass is 9.85. The van der Waals surface area contributed by atoms with Crippen LogP contribution in [0.2, 0.25) is 0 Å². The number of nitrogens with zero attached hydrogens (tertiary/aromatic N) is 1. The van der Waals surface area contributed by atoms with E-state index in [2.05, 4.69) is 5.32 Å². The molecule has 8 heteroatoms. The van der Waals surface area contributed by atoms with Crippen molar-refractivity contribution in [2.75, 3.05) is 33.4 Å². The van der Waals surface area contributed by atoms with Gasteiger partial charge in [-0.2, -0.15) is 0 Å². The molecular formula is C13H20N2O6. The number of likely N-dealkylation sites (N-methyl/N-ethyl adjacent to an activating group) is 1. The summed E-state index contributed by atoms with van der Waals surface area (Å²) >= 11 is 0. The molecule has 0 aromatic heterocycles. The van der Waals surface area contributed by atoms with Crippen LogP contribution in [0.25, 0.3) is 0 Å². The molecule has 2 heterocycles. The van der Waals surface area contributed by atoms with Gasteiger partial charge in [0.2, 0.25) is 5.91 Å². The van der Waals surface area contributed by atoms with Gasteiger partial charge in [0, 0.05) is 19.1 Å². The third-order valence-electron chi connectivity index (χ3n) is 4.33. The number of aliphatic carboxylic acids is 2. The standard InChI is InChI=1S/C13H20N2O6/c1-14-10-6-21-5-9(10)11(16)15-3-2-7(12(17)18)8(4-15)13(19)20/h7-10,14H,2-6H2,1H3,(H,17,18)(H,19,20). The summed E-state index contributed by atoms with van der Waals surface area (Å²) in [6.07, 6.45) is 0.163. The molecule has 8 nitrogen and oxygen atoms in total. The van der Waals surface area contributed by atoms with Crippen LogP contribution in [0.5, 0.6) is 0 Å². The smallest absolute Gasteiger partial charge is 0.309 e. The summed E-state index contributed by atoms with van der Waals surface area (Å²) in [6, 6.07) is -0.0852. The Hall–Kier alpha value is -1.67. The molecule has 118 valence electrons. The molecule has 4 unspecified atom stereocenters. The van der Waals surface area contributed by atoms with Crippen LogP contribution >= 0.6 is 0 Å². The summed E-state index contributed by atoms with van der Waals surface area (Å²) < 4.78 is 5.29. The van der Waals surface area contributed by atoms with Crippen molar-refractivity contribution in [2.45, 2.75) is 12.5 Å². The van der Waals surface area contributed by atoms with Gasteiger partial charge in [-0.3, -0.25) is 14.4 Å². The van der Waals surface area contributed by atoms with Crippen LogP contribution in [-0.4, -0.2) is 72.4 Å². The number of rotatable bonds is 4. The molecule has 0 spiro atoms. The van der Waals surface area contributed by atoms with E-state index in [1.807, 2.05) is 0 Å². The number of carbonyl (C=O) groups is 3. The third-order valence-corrected chi connectivity index (χ3v) is 4.33. The lowest BCUT2D eigenvalue weighted by Gasteiger charge is -2.36. The van der Waals surface area contributed by atoms with Crippen LogP contribution in [0.3, 0.4) is 0 Å². The predicted molar refractivity (Wildman–Crippen MR) is 70.6 cm³/mol. The summed E-state index contributed by atoms with van der Waals surface area (Å²) in [5.74, 6) is -4.80. The number of likely N-dealkylation sites (tertiary alicyclic amines) is 1. The second-order valence-corrected chi connectivity index (χ2v) is 5.50. The Morgan fingerprint density at radius 1 is 1.10 bits per heavy atom. The van der Waals surface area contributed by atoms with E-state index < -0.39 is 23.8 Å². The first kappa shape index (κ1) is 15.7. The summed E-state index contributed by atoms with van der Waals surface area (Å²) in [5, 5.41) is 21.3. The maximum atomic E-state index is 12.5. The molecule has 0 bridgehead atoms. The Balaban J connectivity index is 2.06. The van der Waals surface area contributed by atoms with Crippen LogP contribution in [0.1, 0.15) is 6.42 Å². The van der Waals surface area contributed by atoms with Gasteiger partial charge in [-0.05, 0) is 13.5 Å². The maximum absolute atomic E-state index is 12.5. The highest BCUT2D eigenvalue weighted by molar-refractivity contribution is 5.84. The maximum Gasteiger partial charge on any atom is 0.309 e. The van der Waals surface area contributed by atoms with Gasteiger partial charge in [-0.15, -0.1) is 0 Å². The Kier molecular flexibility index (Phi) is 4.79. The lowest BCUT2D eigenvalue weighted by Crippen LogP contribution is -2.52. The van der Waals surface area contributed by atoms with Crippen molar-refractivity contribution < 1.29 is 29.3 Å². The molecule has 3 N–H and O–H groups in total. The Bertz CT molecular complexity index is 440. The first-order chi connectivity index (χ1) is 9.95. The number of carboxylic acids is 2. The highest BCUT2D eigenvalue weighted by Gasteiger charge is 2.43. The van der Waals surface area contributed by atoms with Crippen LogP contribution < -0.4 is 5.32 Å². The summed E-state index contributed by atoms with van der Waals surface area (Å²) in [6.45, 7) is 0.965. The molecule has 1 amide bonds. The van der Waals surface area contributed by atoms with E-state index in [-0.39, 0.29) is 37.4 Å². The number of ether oxygens (including phenoxy) is 1. The summed E-state index contributed by atoms with van der Waals surface area (Å²) in [4.78, 5) is 36.3. The Morgan fingerprint density at radius 2 is 1.76 bits per heavy atom. The molecule has 0 aromatic carbocycles. The van der Waals surface area contributed by atoms with Crippen molar-refractivity contribution >= 4 is 17.8 Å². The quantitative estimate of drug-likeness (QED) is 0.600. The lowest BCUT2D eigenvalue weighted by molar-refractivity contribution is -0.159. The minimum absolute atomic E-state index is 0.0575. The normalized spacial score (nSPS) is 32.9. The second-order valence-electron chi connectivity index (χ2n) is 5.50. The first-order valence-electron chi connectivity index (χ1n) is 6.95. The Labute approximate surface area is 122 Å². The van der Waals surface area contributed by atoms with Crippen molar-refractivity contribution in [1.82, 2.24) is 10.2 Å². The first-order valence-corrected chi connectivity index (χ1v) is 6.95. The third kappa shape index (κ3) is 3.16. The number of carbonyl (C=O) groups excluding carboxylic acids is 1. The summed E-state index contributed by atoms with van der Waals surface area (Å²) in [7, 11) is 1.75. The van der Waals surface area contributed by atoms with E-state index in [0.717, 1.165) is 0 Å². The number of hydrogen-bond acceptors (Lipinski definition) is 5. The fourth-order valence-electron chi connectivity index (χ4n) is 3.01. The largest absolute Gasteiger partial charge is 0.481 e. The average Bonchev–Trinajstić information content (AvgIpc) is 2.94. The molecule has 0 saturated carbocycles. The van der Waals surface area contributed by atoms with Gasteiger partial charge in [-0.25, -0.2) is 0 Å². The molecule has 0 aromatic rings. The van der Waals surface area contributed by atoms with Gasteiger partial charge in [0.25, 0.3) is 0 Å². The molecule has 2 saturated heterocycles. The minimum Gasteiger partial charge on any atom is -0.481 e. The van der Waals surface area contributed by atoms with Crippen molar-refractivity contribution in [3.05, 3.63) is 0 Å². The van der Waals surface area contributed by atoms with Gasteiger partial charge in [0.1, 0.15) is 0 Å². The van der Waals surface area contributed by atoms with Gasteiger partial charge in [0.05, 0.1) is 31.0 Å².